The number of hydrogen-bond acceptors (Lipinski definition) is 7. The first kappa shape index (κ1) is 15.0. The minimum absolute atomic E-state index is 0.467. The summed E-state index contributed by atoms with van der Waals surface area (Å²) < 4.78 is 5.21. The third-order valence-corrected chi connectivity index (χ3v) is 4.64. The smallest absolute Gasteiger partial charge is 0.225 e. The maximum absolute atomic E-state index is 5.21. The Morgan fingerprint density at radius 1 is 1.25 bits per heavy atom. The molecular weight excluding hydrogens is 304 g/mol. The van der Waals surface area contributed by atoms with Crippen molar-refractivity contribution in [2.75, 3.05) is 22.9 Å². The number of rotatable bonds is 4. The highest BCUT2D eigenvalue weighted by atomic mass is 16.5. The Morgan fingerprint density at radius 3 is 2.79 bits per heavy atom. The fraction of sp³-hybridized carbons (Fsp3) is 0.412. The predicted octanol–water partition coefficient (Wildman–Crippen LogP) is 3.07. The van der Waals surface area contributed by atoms with Gasteiger partial charge in [0.1, 0.15) is 11.4 Å². The van der Waals surface area contributed by atoms with Gasteiger partial charge in [-0.25, -0.2) is 9.99 Å². The molecule has 0 bridgehead atoms. The molecule has 0 saturated heterocycles. The standard InChI is InChI=1S/C17H22N6O/c1-11-3-4-12(9-11)19-17-18-10-15-16(20-17)23(22-21-15)13-5-7-14(24-2)8-6-13/h5-8,10-12,21-22H,3-4,9H2,1-2H3,(H,18,19,20)/t11-,12?/m0/s1. The fourth-order valence-electron chi connectivity index (χ4n) is 3.31. The van der Waals surface area contributed by atoms with E-state index in [2.05, 4.69) is 33.2 Å². The number of fused-ring (bicyclic) bond motifs is 1. The highest BCUT2D eigenvalue weighted by Gasteiger charge is 2.25. The van der Waals surface area contributed by atoms with Crippen molar-refractivity contribution in [1.29, 1.82) is 0 Å². The van der Waals surface area contributed by atoms with Gasteiger partial charge in [0, 0.05) is 6.04 Å². The van der Waals surface area contributed by atoms with Gasteiger partial charge in [0.2, 0.25) is 5.95 Å². The van der Waals surface area contributed by atoms with Gasteiger partial charge in [-0.2, -0.15) is 4.98 Å². The molecule has 2 aromatic rings. The third-order valence-electron chi connectivity index (χ3n) is 4.64. The van der Waals surface area contributed by atoms with Gasteiger partial charge >= 0.3 is 0 Å². The van der Waals surface area contributed by atoms with Gasteiger partial charge in [-0.1, -0.05) is 6.92 Å². The topological polar surface area (TPSA) is 74.3 Å². The van der Waals surface area contributed by atoms with E-state index in [-0.39, 0.29) is 0 Å². The van der Waals surface area contributed by atoms with E-state index >= 15 is 0 Å². The average molecular weight is 326 g/mol. The molecule has 7 heteroatoms. The molecule has 0 spiro atoms. The summed E-state index contributed by atoms with van der Waals surface area (Å²) in [4.78, 5) is 9.11. The highest BCUT2D eigenvalue weighted by Crippen LogP contribution is 2.34. The van der Waals surface area contributed by atoms with E-state index in [4.69, 9.17) is 4.74 Å². The van der Waals surface area contributed by atoms with Crippen molar-refractivity contribution >= 4 is 23.1 Å². The molecule has 4 rings (SSSR count). The van der Waals surface area contributed by atoms with E-state index < -0.39 is 0 Å². The summed E-state index contributed by atoms with van der Waals surface area (Å²) in [6.45, 7) is 2.30. The molecule has 1 aliphatic carbocycles. The molecule has 0 radical (unpaired) electrons. The number of anilines is 4. The second kappa shape index (κ2) is 6.16. The minimum Gasteiger partial charge on any atom is -0.497 e. The molecule has 7 nitrogen and oxygen atoms in total. The van der Waals surface area contributed by atoms with E-state index in [0.29, 0.717) is 12.0 Å². The van der Waals surface area contributed by atoms with Crippen molar-refractivity contribution < 1.29 is 4.74 Å². The summed E-state index contributed by atoms with van der Waals surface area (Å²) in [5.41, 5.74) is 8.04. The van der Waals surface area contributed by atoms with Gasteiger partial charge in [-0.3, -0.25) is 5.43 Å². The van der Waals surface area contributed by atoms with E-state index in [1.54, 1.807) is 13.3 Å². The molecule has 1 fully saturated rings. The van der Waals surface area contributed by atoms with Gasteiger partial charge in [0.25, 0.3) is 0 Å². The Labute approximate surface area is 141 Å². The van der Waals surface area contributed by atoms with Gasteiger partial charge in [-0.05, 0) is 49.4 Å². The van der Waals surface area contributed by atoms with Crippen LogP contribution in [0.25, 0.3) is 0 Å². The van der Waals surface area contributed by atoms with Crippen LogP contribution in [0.3, 0.4) is 0 Å². The Balaban J connectivity index is 1.56. The van der Waals surface area contributed by atoms with Crippen LogP contribution < -0.4 is 26.0 Å². The maximum atomic E-state index is 5.21. The van der Waals surface area contributed by atoms with Crippen LogP contribution in [0.1, 0.15) is 26.2 Å². The lowest BCUT2D eigenvalue weighted by Crippen LogP contribution is -2.31. The van der Waals surface area contributed by atoms with Gasteiger partial charge in [-0.15, -0.1) is 5.53 Å². The predicted molar refractivity (Wildman–Crippen MR) is 94.3 cm³/mol. The summed E-state index contributed by atoms with van der Waals surface area (Å²) in [6, 6.07) is 8.28. The summed E-state index contributed by atoms with van der Waals surface area (Å²) in [5.74, 6) is 3.09. The zero-order valence-electron chi connectivity index (χ0n) is 13.9. The van der Waals surface area contributed by atoms with Gasteiger partial charge in [0.15, 0.2) is 5.82 Å². The summed E-state index contributed by atoms with van der Waals surface area (Å²) >= 11 is 0. The lowest BCUT2D eigenvalue weighted by atomic mass is 10.1. The third kappa shape index (κ3) is 2.82. The molecule has 2 atom stereocenters. The van der Waals surface area contributed by atoms with E-state index in [1.165, 1.54) is 19.3 Å². The number of methoxy groups -OCH3 is 1. The molecule has 0 amide bonds. The molecule has 1 aromatic heterocycles. The summed E-state index contributed by atoms with van der Waals surface area (Å²) in [6.07, 6.45) is 5.43. The fourth-order valence-corrected chi connectivity index (χ4v) is 3.31. The first-order chi connectivity index (χ1) is 11.7. The van der Waals surface area contributed by atoms with E-state index in [0.717, 1.165) is 28.9 Å². The molecule has 3 N–H and O–H groups in total. The van der Waals surface area contributed by atoms with Crippen LogP contribution in [0.4, 0.5) is 23.1 Å². The van der Waals surface area contributed by atoms with E-state index in [9.17, 15) is 0 Å². The second-order valence-corrected chi connectivity index (χ2v) is 6.46. The molecule has 2 heterocycles. The van der Waals surface area contributed by atoms with Gasteiger partial charge < -0.3 is 10.1 Å². The number of ether oxygens (including phenoxy) is 1. The SMILES string of the molecule is COc1ccc(N2NNc3cnc(NC4CC[C@H](C)C4)nc32)cc1. The van der Waals surface area contributed by atoms with Crippen LogP contribution in [0.2, 0.25) is 0 Å². The quantitative estimate of drug-likeness (QED) is 0.797. The monoisotopic (exact) mass is 326 g/mol. The van der Waals surface area contributed by atoms with Crippen LogP contribution in [0.5, 0.6) is 5.75 Å². The number of hydrogen-bond donors (Lipinski definition) is 3. The molecule has 1 unspecified atom stereocenters. The Morgan fingerprint density at radius 2 is 2.08 bits per heavy atom. The molecule has 2 aliphatic rings. The maximum Gasteiger partial charge on any atom is 0.225 e. The van der Waals surface area contributed by atoms with Crippen molar-refractivity contribution in [3.63, 3.8) is 0 Å². The molecule has 1 aromatic carbocycles. The van der Waals surface area contributed by atoms with Crippen molar-refractivity contribution in [2.45, 2.75) is 32.2 Å². The van der Waals surface area contributed by atoms with Crippen molar-refractivity contribution in [3.05, 3.63) is 30.5 Å². The first-order valence-corrected chi connectivity index (χ1v) is 8.32. The van der Waals surface area contributed by atoms with Crippen molar-refractivity contribution in [1.82, 2.24) is 15.5 Å². The number of aromatic nitrogens is 2. The van der Waals surface area contributed by atoms with Crippen molar-refractivity contribution in [2.24, 2.45) is 5.92 Å². The number of nitrogens with zero attached hydrogens (tertiary/aromatic N) is 3. The molecule has 126 valence electrons. The zero-order valence-corrected chi connectivity index (χ0v) is 13.9. The summed E-state index contributed by atoms with van der Waals surface area (Å²) in [5, 5.41) is 5.37. The summed E-state index contributed by atoms with van der Waals surface area (Å²) in [7, 11) is 1.66. The van der Waals surface area contributed by atoms with Gasteiger partial charge in [0.05, 0.1) is 19.0 Å². The Hall–Kier alpha value is -2.54. The number of benzene rings is 1. The molecule has 1 aliphatic heterocycles. The largest absolute Gasteiger partial charge is 0.497 e. The molecule has 24 heavy (non-hydrogen) atoms. The van der Waals surface area contributed by atoms with Crippen LogP contribution in [0.15, 0.2) is 30.5 Å². The normalized spacial score (nSPS) is 22.2. The Bertz CT molecular complexity index is 720. The Kier molecular flexibility index (Phi) is 3.86. The lowest BCUT2D eigenvalue weighted by Gasteiger charge is -2.18. The van der Waals surface area contributed by atoms with Crippen LogP contribution in [0, 0.1) is 5.92 Å². The van der Waals surface area contributed by atoms with Crippen LogP contribution in [-0.4, -0.2) is 23.1 Å². The number of nitrogens with one attached hydrogen (secondary N) is 3. The zero-order chi connectivity index (χ0) is 16.5. The van der Waals surface area contributed by atoms with Crippen LogP contribution >= 0.6 is 0 Å². The van der Waals surface area contributed by atoms with E-state index in [1.807, 2.05) is 29.3 Å². The number of hydrazine groups is 2. The lowest BCUT2D eigenvalue weighted by molar-refractivity contribution is 0.415. The first-order valence-electron chi connectivity index (χ1n) is 8.32. The minimum atomic E-state index is 0.467. The second-order valence-electron chi connectivity index (χ2n) is 6.46. The molecule has 1 saturated carbocycles. The highest BCUT2D eigenvalue weighted by molar-refractivity contribution is 5.76. The van der Waals surface area contributed by atoms with Crippen LogP contribution in [-0.2, 0) is 0 Å². The average Bonchev–Trinajstić information content (AvgIpc) is 3.21. The van der Waals surface area contributed by atoms with Crippen molar-refractivity contribution in [3.8, 4) is 5.75 Å². The molecular formula is C17H22N6O.